The highest BCUT2D eigenvalue weighted by atomic mass is 16.5. The first-order valence-electron chi connectivity index (χ1n) is 11.0. The fourth-order valence-electron chi connectivity index (χ4n) is 6.64. The highest BCUT2D eigenvalue weighted by Gasteiger charge is 2.60. The molecule has 0 aromatic rings. The minimum absolute atomic E-state index is 0.0165. The monoisotopic (exact) mass is 384 g/mol. The summed E-state index contributed by atoms with van der Waals surface area (Å²) < 4.78 is 5.96. The Kier molecular flexibility index (Phi) is 4.87. The Hall–Kier alpha value is -1.71. The largest absolute Gasteiger partial charge is 0.458 e. The van der Waals surface area contributed by atoms with Crippen molar-refractivity contribution in [3.05, 3.63) is 23.8 Å². The fraction of sp³-hybridized carbons (Fsp3) is 0.708. The molecule has 0 N–H and O–H groups in total. The van der Waals surface area contributed by atoms with Crippen LogP contribution in [-0.2, 0) is 19.1 Å². The number of esters is 1. The van der Waals surface area contributed by atoms with Gasteiger partial charge in [0.1, 0.15) is 11.9 Å². The number of ether oxygens (including phenoxy) is 1. The van der Waals surface area contributed by atoms with Crippen LogP contribution < -0.4 is 0 Å². The summed E-state index contributed by atoms with van der Waals surface area (Å²) in [5, 5.41) is 0. The Morgan fingerprint density at radius 2 is 2.00 bits per heavy atom. The van der Waals surface area contributed by atoms with Gasteiger partial charge in [0.2, 0.25) is 0 Å². The van der Waals surface area contributed by atoms with E-state index in [0.717, 1.165) is 44.1 Å². The second-order valence-corrected chi connectivity index (χ2v) is 9.73. The molecule has 0 saturated heterocycles. The van der Waals surface area contributed by atoms with Crippen LogP contribution >= 0.6 is 0 Å². The van der Waals surface area contributed by atoms with E-state index in [1.807, 2.05) is 6.08 Å². The maximum absolute atomic E-state index is 12.6. The van der Waals surface area contributed by atoms with Crippen LogP contribution in [0.2, 0.25) is 0 Å². The molecule has 6 atom stereocenters. The number of hydrogen-bond acceptors (Lipinski definition) is 4. The molecule has 28 heavy (non-hydrogen) atoms. The van der Waals surface area contributed by atoms with Crippen molar-refractivity contribution in [2.45, 2.75) is 78.2 Å². The second kappa shape index (κ2) is 6.96. The van der Waals surface area contributed by atoms with Crippen molar-refractivity contribution < 1.29 is 19.1 Å². The number of fused-ring (bicyclic) bond motifs is 5. The summed E-state index contributed by atoms with van der Waals surface area (Å²) in [6, 6.07) is 0. The maximum atomic E-state index is 12.6. The molecule has 4 heteroatoms. The SMILES string of the molecule is CCCCC(=O)O[C@H]1C[C@@H]2[C@H](CC[C@]3(C)C(=O)CC[C@@H]23)[C@@]2(C)C=CC(=O)C=C12. The maximum Gasteiger partial charge on any atom is 0.306 e. The van der Waals surface area contributed by atoms with E-state index < -0.39 is 0 Å². The average Bonchev–Trinajstić information content (AvgIpc) is 2.96. The summed E-state index contributed by atoms with van der Waals surface area (Å²) in [5.74, 6) is 1.34. The molecule has 0 radical (unpaired) electrons. The normalized spacial score (nSPS) is 41.8. The first-order chi connectivity index (χ1) is 13.3. The molecular formula is C24H32O4. The number of unbranched alkanes of at least 4 members (excludes halogenated alkanes) is 1. The number of carbonyl (C=O) groups excluding carboxylic acids is 3. The molecule has 0 spiro atoms. The highest BCUT2D eigenvalue weighted by molar-refractivity contribution is 6.01. The van der Waals surface area contributed by atoms with Crippen LogP contribution in [0.15, 0.2) is 23.8 Å². The van der Waals surface area contributed by atoms with Crippen LogP contribution in [0, 0.1) is 28.6 Å². The molecule has 0 aliphatic heterocycles. The van der Waals surface area contributed by atoms with E-state index in [4.69, 9.17) is 4.74 Å². The first kappa shape index (κ1) is 19.6. The molecule has 0 bridgehead atoms. The lowest BCUT2D eigenvalue weighted by molar-refractivity contribution is -0.154. The molecule has 0 aromatic heterocycles. The van der Waals surface area contributed by atoms with E-state index in [1.165, 1.54) is 0 Å². The lowest BCUT2D eigenvalue weighted by atomic mass is 9.48. The average molecular weight is 385 g/mol. The summed E-state index contributed by atoms with van der Waals surface area (Å²) in [6.07, 6.45) is 11.6. The summed E-state index contributed by atoms with van der Waals surface area (Å²) in [7, 11) is 0. The van der Waals surface area contributed by atoms with Crippen LogP contribution in [-0.4, -0.2) is 23.6 Å². The van der Waals surface area contributed by atoms with Crippen LogP contribution in [0.5, 0.6) is 0 Å². The van der Waals surface area contributed by atoms with E-state index in [1.54, 1.807) is 12.2 Å². The summed E-state index contributed by atoms with van der Waals surface area (Å²) >= 11 is 0. The smallest absolute Gasteiger partial charge is 0.306 e. The molecule has 0 aromatic carbocycles. The number of ketones is 2. The molecule has 0 amide bonds. The number of hydrogen-bond donors (Lipinski definition) is 0. The number of allylic oxidation sites excluding steroid dienone is 3. The van der Waals surface area contributed by atoms with E-state index in [-0.39, 0.29) is 28.7 Å². The van der Waals surface area contributed by atoms with Gasteiger partial charge in [-0.15, -0.1) is 0 Å². The van der Waals surface area contributed by atoms with E-state index in [0.29, 0.717) is 36.4 Å². The predicted molar refractivity (Wildman–Crippen MR) is 106 cm³/mol. The van der Waals surface area contributed by atoms with E-state index >= 15 is 0 Å². The second-order valence-electron chi connectivity index (χ2n) is 9.73. The molecule has 4 aliphatic rings. The standard InChI is InChI=1S/C24H32O4/c1-4-5-6-22(27)28-20-14-16-17-7-8-21(26)24(17,3)12-10-18(16)23(2)11-9-15(25)13-19(20)23/h9,11,13,16-18,20H,4-8,10,12,14H2,1-3H3/t16-,17-,18-,20-,23+,24-/m0/s1. The van der Waals surface area contributed by atoms with Gasteiger partial charge in [-0.3, -0.25) is 14.4 Å². The predicted octanol–water partition coefficient (Wildman–Crippen LogP) is 4.58. The Balaban J connectivity index is 1.67. The van der Waals surface area contributed by atoms with E-state index in [2.05, 4.69) is 20.8 Å². The van der Waals surface area contributed by atoms with Gasteiger partial charge in [-0.2, -0.15) is 0 Å². The quantitative estimate of drug-likeness (QED) is 0.666. The van der Waals surface area contributed by atoms with Gasteiger partial charge in [0.05, 0.1) is 0 Å². The number of carbonyl (C=O) groups is 3. The lowest BCUT2D eigenvalue weighted by Crippen LogP contribution is -2.53. The molecule has 3 saturated carbocycles. The van der Waals surface area contributed by atoms with Crippen molar-refractivity contribution >= 4 is 17.5 Å². The molecule has 4 nitrogen and oxygen atoms in total. The van der Waals surface area contributed by atoms with Crippen LogP contribution in [0.25, 0.3) is 0 Å². The zero-order valence-electron chi connectivity index (χ0n) is 17.3. The summed E-state index contributed by atoms with van der Waals surface area (Å²) in [6.45, 7) is 6.41. The Labute approximate surface area is 167 Å². The van der Waals surface area contributed by atoms with Gasteiger partial charge < -0.3 is 4.74 Å². The van der Waals surface area contributed by atoms with Gasteiger partial charge in [-0.05, 0) is 67.6 Å². The zero-order valence-corrected chi connectivity index (χ0v) is 17.3. The number of Topliss-reactive ketones (excluding diaryl/α,β-unsaturated/α-hetero) is 1. The van der Waals surface area contributed by atoms with Crippen LogP contribution in [0.3, 0.4) is 0 Å². The molecule has 152 valence electrons. The summed E-state index contributed by atoms with van der Waals surface area (Å²) in [4.78, 5) is 37.2. The van der Waals surface area contributed by atoms with Gasteiger partial charge in [-0.1, -0.05) is 33.3 Å². The van der Waals surface area contributed by atoms with Crippen LogP contribution in [0.4, 0.5) is 0 Å². The van der Waals surface area contributed by atoms with E-state index in [9.17, 15) is 14.4 Å². The van der Waals surface area contributed by atoms with Crippen molar-refractivity contribution in [3.63, 3.8) is 0 Å². The van der Waals surface area contributed by atoms with Crippen molar-refractivity contribution in [2.75, 3.05) is 0 Å². The Morgan fingerprint density at radius 3 is 2.75 bits per heavy atom. The van der Waals surface area contributed by atoms with Gasteiger partial charge in [0, 0.05) is 23.7 Å². The third-order valence-corrected chi connectivity index (χ3v) is 8.27. The minimum Gasteiger partial charge on any atom is -0.458 e. The molecule has 0 heterocycles. The third kappa shape index (κ3) is 2.91. The fourth-order valence-corrected chi connectivity index (χ4v) is 6.64. The minimum atomic E-state index is -0.345. The van der Waals surface area contributed by atoms with Gasteiger partial charge in [-0.25, -0.2) is 0 Å². The molecule has 4 rings (SSSR count). The highest BCUT2D eigenvalue weighted by Crippen LogP contribution is 2.63. The van der Waals surface area contributed by atoms with Gasteiger partial charge in [0.25, 0.3) is 0 Å². The topological polar surface area (TPSA) is 60.4 Å². The molecule has 4 aliphatic carbocycles. The lowest BCUT2D eigenvalue weighted by Gasteiger charge is -2.57. The zero-order chi connectivity index (χ0) is 20.1. The van der Waals surface area contributed by atoms with Crippen molar-refractivity contribution in [1.29, 1.82) is 0 Å². The molecular weight excluding hydrogens is 352 g/mol. The van der Waals surface area contributed by atoms with Crippen molar-refractivity contribution in [1.82, 2.24) is 0 Å². The van der Waals surface area contributed by atoms with Crippen molar-refractivity contribution in [2.24, 2.45) is 28.6 Å². The number of rotatable bonds is 4. The van der Waals surface area contributed by atoms with Gasteiger partial charge in [0.15, 0.2) is 5.78 Å². The Bertz CT molecular complexity index is 763. The van der Waals surface area contributed by atoms with Crippen molar-refractivity contribution in [3.8, 4) is 0 Å². The third-order valence-electron chi connectivity index (χ3n) is 8.27. The van der Waals surface area contributed by atoms with Gasteiger partial charge >= 0.3 is 5.97 Å². The summed E-state index contributed by atoms with van der Waals surface area (Å²) in [5.41, 5.74) is 0.488. The molecule has 0 unspecified atom stereocenters. The Morgan fingerprint density at radius 1 is 1.21 bits per heavy atom. The molecule has 3 fully saturated rings. The van der Waals surface area contributed by atoms with Crippen LogP contribution in [0.1, 0.15) is 72.1 Å². The first-order valence-corrected chi connectivity index (χ1v) is 11.0.